The molecule has 0 unspecified atom stereocenters. The molecule has 2 aromatic rings. The van der Waals surface area contributed by atoms with E-state index in [0.29, 0.717) is 11.5 Å². The van der Waals surface area contributed by atoms with Crippen LogP contribution in [0.5, 0.6) is 0 Å². The number of nitrogens with one attached hydrogen (secondary N) is 2. The number of H-pyrrole nitrogens is 1. The van der Waals surface area contributed by atoms with Crippen LogP contribution < -0.4 is 11.1 Å². The smallest absolute Gasteiger partial charge is 0.293 e. The molecule has 0 saturated heterocycles. The first-order chi connectivity index (χ1) is 7.25. The van der Waals surface area contributed by atoms with Gasteiger partial charge >= 0.3 is 0 Å². The van der Waals surface area contributed by atoms with Gasteiger partial charge in [-0.1, -0.05) is 0 Å². The van der Waals surface area contributed by atoms with Crippen LogP contribution in [0.15, 0.2) is 24.7 Å². The van der Waals surface area contributed by atoms with Crippen molar-refractivity contribution in [1.82, 2.24) is 20.2 Å². The largest absolute Gasteiger partial charge is 0.384 e. The van der Waals surface area contributed by atoms with Crippen molar-refractivity contribution in [3.63, 3.8) is 0 Å². The SMILES string of the molecule is Nc1ccc(NC(=O)c2ncn[nH]2)cn1. The van der Waals surface area contributed by atoms with E-state index in [-0.39, 0.29) is 11.7 Å². The summed E-state index contributed by atoms with van der Waals surface area (Å²) in [6.45, 7) is 0. The lowest BCUT2D eigenvalue weighted by Gasteiger charge is -2.01. The molecule has 0 aliphatic carbocycles. The first-order valence-electron chi connectivity index (χ1n) is 4.14. The highest BCUT2D eigenvalue weighted by molar-refractivity contribution is 6.01. The number of aromatic nitrogens is 4. The number of aromatic amines is 1. The third-order valence-corrected chi connectivity index (χ3v) is 1.67. The predicted octanol–water partition coefficient (Wildman–Crippen LogP) is 0.0342. The number of carbonyl (C=O) groups excluding carboxylic acids is 1. The van der Waals surface area contributed by atoms with Gasteiger partial charge in [0.15, 0.2) is 0 Å². The van der Waals surface area contributed by atoms with Gasteiger partial charge in [-0.3, -0.25) is 9.89 Å². The topological polar surface area (TPSA) is 110 Å². The van der Waals surface area contributed by atoms with Crippen molar-refractivity contribution >= 4 is 17.4 Å². The van der Waals surface area contributed by atoms with Crippen molar-refractivity contribution in [3.8, 4) is 0 Å². The standard InChI is InChI=1S/C8H8N6O/c9-6-2-1-5(3-10-6)13-8(15)7-11-4-12-14-7/h1-4H,(H2,9,10)(H,13,15)(H,11,12,14). The zero-order chi connectivity index (χ0) is 10.7. The number of nitrogens with zero attached hydrogens (tertiary/aromatic N) is 3. The van der Waals surface area contributed by atoms with E-state index in [9.17, 15) is 4.79 Å². The van der Waals surface area contributed by atoms with E-state index >= 15 is 0 Å². The number of amides is 1. The molecule has 4 N–H and O–H groups in total. The monoisotopic (exact) mass is 204 g/mol. The number of anilines is 2. The van der Waals surface area contributed by atoms with Crippen LogP contribution in [0.25, 0.3) is 0 Å². The number of rotatable bonds is 2. The van der Waals surface area contributed by atoms with Crippen molar-refractivity contribution in [2.75, 3.05) is 11.1 Å². The van der Waals surface area contributed by atoms with E-state index in [1.807, 2.05) is 0 Å². The Kier molecular flexibility index (Phi) is 2.28. The third kappa shape index (κ3) is 2.08. The summed E-state index contributed by atoms with van der Waals surface area (Å²) in [5.74, 6) is 0.165. The number of hydrogen-bond donors (Lipinski definition) is 3. The highest BCUT2D eigenvalue weighted by atomic mass is 16.2. The minimum absolute atomic E-state index is 0.145. The summed E-state index contributed by atoms with van der Waals surface area (Å²) in [5.41, 5.74) is 5.95. The molecule has 76 valence electrons. The van der Waals surface area contributed by atoms with Gasteiger partial charge < -0.3 is 11.1 Å². The average Bonchev–Trinajstić information content (AvgIpc) is 2.74. The normalized spacial score (nSPS) is 9.87. The van der Waals surface area contributed by atoms with Crippen LogP contribution in [0.4, 0.5) is 11.5 Å². The van der Waals surface area contributed by atoms with Crippen molar-refractivity contribution in [2.45, 2.75) is 0 Å². The van der Waals surface area contributed by atoms with E-state index in [0.717, 1.165) is 0 Å². The zero-order valence-corrected chi connectivity index (χ0v) is 7.64. The fourth-order valence-corrected chi connectivity index (χ4v) is 0.984. The van der Waals surface area contributed by atoms with Gasteiger partial charge in [-0.25, -0.2) is 9.97 Å². The minimum atomic E-state index is -0.376. The Hall–Kier alpha value is -2.44. The molecule has 7 nitrogen and oxygen atoms in total. The number of nitrogen functional groups attached to an aromatic ring is 1. The van der Waals surface area contributed by atoms with Crippen molar-refractivity contribution < 1.29 is 4.79 Å². The summed E-state index contributed by atoms with van der Waals surface area (Å²) in [6.07, 6.45) is 2.72. The second-order valence-corrected chi connectivity index (χ2v) is 2.76. The van der Waals surface area contributed by atoms with E-state index < -0.39 is 0 Å². The molecule has 0 aliphatic rings. The summed E-state index contributed by atoms with van der Waals surface area (Å²) in [4.78, 5) is 19.0. The van der Waals surface area contributed by atoms with Crippen LogP contribution in [-0.2, 0) is 0 Å². The first-order valence-corrected chi connectivity index (χ1v) is 4.14. The van der Waals surface area contributed by atoms with Gasteiger partial charge in [0, 0.05) is 0 Å². The molecule has 0 fully saturated rings. The Morgan fingerprint density at radius 1 is 1.40 bits per heavy atom. The van der Waals surface area contributed by atoms with Crippen molar-refractivity contribution in [3.05, 3.63) is 30.5 Å². The summed E-state index contributed by atoms with van der Waals surface area (Å²) in [6, 6.07) is 3.24. The van der Waals surface area contributed by atoms with Gasteiger partial charge in [-0.15, -0.1) is 0 Å². The maximum absolute atomic E-state index is 11.5. The Labute approximate surface area is 84.7 Å². The first kappa shape index (κ1) is 9.13. The lowest BCUT2D eigenvalue weighted by Crippen LogP contribution is -2.13. The highest BCUT2D eigenvalue weighted by Crippen LogP contribution is 2.07. The average molecular weight is 204 g/mol. The second kappa shape index (κ2) is 3.74. The van der Waals surface area contributed by atoms with Gasteiger partial charge in [-0.05, 0) is 12.1 Å². The molecule has 0 atom stereocenters. The molecule has 2 aromatic heterocycles. The predicted molar refractivity (Wildman–Crippen MR) is 53.0 cm³/mol. The van der Waals surface area contributed by atoms with Crippen LogP contribution >= 0.6 is 0 Å². The molecule has 0 radical (unpaired) electrons. The van der Waals surface area contributed by atoms with Crippen molar-refractivity contribution in [2.24, 2.45) is 0 Å². The zero-order valence-electron chi connectivity index (χ0n) is 7.64. The molecule has 0 bridgehead atoms. The summed E-state index contributed by atoms with van der Waals surface area (Å²) >= 11 is 0. The summed E-state index contributed by atoms with van der Waals surface area (Å²) < 4.78 is 0. The lowest BCUT2D eigenvalue weighted by atomic mass is 10.4. The van der Waals surface area contributed by atoms with Crippen LogP contribution in [0.2, 0.25) is 0 Å². The lowest BCUT2D eigenvalue weighted by molar-refractivity contribution is 0.101. The fourth-order valence-electron chi connectivity index (χ4n) is 0.984. The fraction of sp³-hybridized carbons (Fsp3) is 0. The van der Waals surface area contributed by atoms with Crippen molar-refractivity contribution in [1.29, 1.82) is 0 Å². The van der Waals surface area contributed by atoms with E-state index in [4.69, 9.17) is 5.73 Å². The van der Waals surface area contributed by atoms with Crippen LogP contribution in [0.1, 0.15) is 10.6 Å². The maximum atomic E-state index is 11.5. The van der Waals surface area contributed by atoms with Gasteiger partial charge in [-0.2, -0.15) is 5.10 Å². The molecule has 2 rings (SSSR count). The molecular weight excluding hydrogens is 196 g/mol. The van der Waals surface area contributed by atoms with Crippen LogP contribution in [0.3, 0.4) is 0 Å². The molecule has 2 heterocycles. The molecule has 7 heteroatoms. The Balaban J connectivity index is 2.09. The molecule has 1 amide bonds. The van der Waals surface area contributed by atoms with E-state index in [1.165, 1.54) is 12.5 Å². The molecular formula is C8H8N6O. The minimum Gasteiger partial charge on any atom is -0.384 e. The quantitative estimate of drug-likeness (QED) is 0.639. The molecule has 15 heavy (non-hydrogen) atoms. The molecule has 0 saturated carbocycles. The maximum Gasteiger partial charge on any atom is 0.293 e. The molecule has 0 aromatic carbocycles. The third-order valence-electron chi connectivity index (χ3n) is 1.67. The van der Waals surface area contributed by atoms with E-state index in [1.54, 1.807) is 12.1 Å². The Morgan fingerprint density at radius 3 is 2.87 bits per heavy atom. The highest BCUT2D eigenvalue weighted by Gasteiger charge is 2.08. The summed E-state index contributed by atoms with van der Waals surface area (Å²) in [5, 5.41) is 8.60. The number of pyridine rings is 1. The van der Waals surface area contributed by atoms with E-state index in [2.05, 4.69) is 25.5 Å². The van der Waals surface area contributed by atoms with Crippen LogP contribution in [-0.4, -0.2) is 26.1 Å². The summed E-state index contributed by atoms with van der Waals surface area (Å²) in [7, 11) is 0. The number of hydrogen-bond acceptors (Lipinski definition) is 5. The number of nitrogens with two attached hydrogens (primary N) is 1. The molecule has 0 spiro atoms. The second-order valence-electron chi connectivity index (χ2n) is 2.76. The Bertz CT molecular complexity index is 448. The number of carbonyl (C=O) groups is 1. The van der Waals surface area contributed by atoms with Gasteiger partial charge in [0.2, 0.25) is 5.82 Å². The van der Waals surface area contributed by atoms with Gasteiger partial charge in [0.05, 0.1) is 11.9 Å². The van der Waals surface area contributed by atoms with Crippen LogP contribution in [0, 0.1) is 0 Å². The Morgan fingerprint density at radius 2 is 2.27 bits per heavy atom. The molecule has 0 aliphatic heterocycles. The van der Waals surface area contributed by atoms with Gasteiger partial charge in [0.25, 0.3) is 5.91 Å². The van der Waals surface area contributed by atoms with Gasteiger partial charge in [0.1, 0.15) is 12.1 Å².